The Bertz CT molecular complexity index is 847. The number of rotatable bonds is 1. The smallest absolute Gasteiger partial charge is 0.160 e. The van der Waals surface area contributed by atoms with Crippen molar-refractivity contribution in [3.05, 3.63) is 59.6 Å². The molecule has 3 heterocycles. The summed E-state index contributed by atoms with van der Waals surface area (Å²) < 4.78 is 1.94. The predicted octanol–water partition coefficient (Wildman–Crippen LogP) is 2.60. The molecular weight excluding hydrogens is 262 g/mol. The van der Waals surface area contributed by atoms with E-state index in [4.69, 9.17) is 0 Å². The van der Waals surface area contributed by atoms with Gasteiger partial charge in [-0.25, -0.2) is 9.97 Å². The van der Waals surface area contributed by atoms with Crippen LogP contribution >= 0.6 is 0 Å². The molecule has 104 valence electrons. The van der Waals surface area contributed by atoms with Gasteiger partial charge in [-0.3, -0.25) is 4.40 Å². The van der Waals surface area contributed by atoms with Crippen LogP contribution in [-0.2, 0) is 6.42 Å². The van der Waals surface area contributed by atoms with Gasteiger partial charge in [0.25, 0.3) is 0 Å². The van der Waals surface area contributed by atoms with Crippen LogP contribution in [0.25, 0.3) is 11.2 Å². The molecule has 5 nitrogen and oxygen atoms in total. The normalized spacial score (nSPS) is 14.6. The zero-order valence-electron chi connectivity index (χ0n) is 11.8. The Morgan fingerprint density at radius 1 is 1.24 bits per heavy atom. The van der Waals surface area contributed by atoms with E-state index < -0.39 is 0 Å². The molecule has 0 unspecified atom stereocenters. The summed E-state index contributed by atoms with van der Waals surface area (Å²) in [7, 11) is 0. The van der Waals surface area contributed by atoms with Crippen LogP contribution in [-0.4, -0.2) is 24.6 Å². The number of hydrogen-bond donors (Lipinski definition) is 0. The van der Waals surface area contributed by atoms with E-state index in [0.29, 0.717) is 0 Å². The highest BCUT2D eigenvalue weighted by Crippen LogP contribution is 2.29. The third-order valence-corrected chi connectivity index (χ3v) is 3.85. The molecule has 3 aromatic rings. The highest BCUT2D eigenvalue weighted by atomic mass is 15.2. The van der Waals surface area contributed by atoms with E-state index in [0.717, 1.165) is 47.6 Å². The van der Waals surface area contributed by atoms with Gasteiger partial charge < -0.3 is 0 Å². The summed E-state index contributed by atoms with van der Waals surface area (Å²) in [6.45, 7) is 1.94. The number of allylic oxidation sites excluding steroid dienone is 1. The summed E-state index contributed by atoms with van der Waals surface area (Å²) in [4.78, 5) is 9.00. The molecule has 0 saturated heterocycles. The van der Waals surface area contributed by atoms with Gasteiger partial charge in [0.15, 0.2) is 5.65 Å². The summed E-state index contributed by atoms with van der Waals surface area (Å²) in [6, 6.07) is 4.08. The Morgan fingerprint density at radius 2 is 2.19 bits per heavy atom. The van der Waals surface area contributed by atoms with Crippen molar-refractivity contribution in [1.82, 2.24) is 24.6 Å². The van der Waals surface area contributed by atoms with Crippen LogP contribution < -0.4 is 0 Å². The topological polar surface area (TPSA) is 56.0 Å². The molecule has 0 aromatic carbocycles. The van der Waals surface area contributed by atoms with Crippen LogP contribution in [0.2, 0.25) is 0 Å². The van der Waals surface area contributed by atoms with Crippen molar-refractivity contribution in [3.8, 4) is 0 Å². The van der Waals surface area contributed by atoms with E-state index in [1.165, 1.54) is 5.57 Å². The minimum atomic E-state index is 0.837. The highest BCUT2D eigenvalue weighted by Gasteiger charge is 2.15. The van der Waals surface area contributed by atoms with Gasteiger partial charge in [0.1, 0.15) is 12.2 Å². The lowest BCUT2D eigenvalue weighted by atomic mass is 9.99. The second kappa shape index (κ2) is 4.77. The van der Waals surface area contributed by atoms with Crippen LogP contribution in [0.4, 0.5) is 0 Å². The van der Waals surface area contributed by atoms with Crippen molar-refractivity contribution in [3.63, 3.8) is 0 Å². The van der Waals surface area contributed by atoms with Crippen molar-refractivity contribution < 1.29 is 0 Å². The molecule has 5 heteroatoms. The number of nitrogens with zero attached hydrogens (tertiary/aromatic N) is 5. The van der Waals surface area contributed by atoms with E-state index in [9.17, 15) is 0 Å². The first-order valence-electron chi connectivity index (χ1n) is 7.14. The van der Waals surface area contributed by atoms with Gasteiger partial charge in [-0.1, -0.05) is 6.08 Å². The summed E-state index contributed by atoms with van der Waals surface area (Å²) in [6.07, 6.45) is 11.2. The molecule has 0 fully saturated rings. The van der Waals surface area contributed by atoms with Crippen molar-refractivity contribution in [1.29, 1.82) is 0 Å². The average molecular weight is 277 g/mol. The summed E-state index contributed by atoms with van der Waals surface area (Å²) >= 11 is 0. The zero-order chi connectivity index (χ0) is 14.2. The van der Waals surface area contributed by atoms with Gasteiger partial charge in [0, 0.05) is 18.0 Å². The number of aryl methyl sites for hydroxylation is 2. The molecule has 0 aliphatic heterocycles. The Morgan fingerprint density at radius 3 is 3.14 bits per heavy atom. The van der Waals surface area contributed by atoms with Crippen molar-refractivity contribution in [2.24, 2.45) is 0 Å². The van der Waals surface area contributed by atoms with Gasteiger partial charge >= 0.3 is 0 Å². The van der Waals surface area contributed by atoms with Gasteiger partial charge in [-0.05, 0) is 49.5 Å². The molecule has 0 radical (unpaired) electrons. The third-order valence-electron chi connectivity index (χ3n) is 3.85. The molecule has 0 atom stereocenters. The van der Waals surface area contributed by atoms with Crippen LogP contribution in [0.3, 0.4) is 0 Å². The van der Waals surface area contributed by atoms with Gasteiger partial charge in [-0.15, -0.1) is 10.2 Å². The van der Waals surface area contributed by atoms with E-state index in [2.05, 4.69) is 38.5 Å². The quantitative estimate of drug-likeness (QED) is 0.686. The molecular formula is C16H15N5. The minimum absolute atomic E-state index is 0.837. The molecule has 0 saturated carbocycles. The summed E-state index contributed by atoms with van der Waals surface area (Å²) in [5.41, 5.74) is 5.50. The number of fused-ring (bicyclic) bond motifs is 2. The molecule has 0 amide bonds. The van der Waals surface area contributed by atoms with E-state index in [1.807, 2.05) is 23.6 Å². The first kappa shape index (κ1) is 12.2. The lowest BCUT2D eigenvalue weighted by Gasteiger charge is -2.11. The molecule has 21 heavy (non-hydrogen) atoms. The highest BCUT2D eigenvalue weighted by molar-refractivity contribution is 5.81. The third kappa shape index (κ3) is 2.11. The predicted molar refractivity (Wildman–Crippen MR) is 79.8 cm³/mol. The second-order valence-electron chi connectivity index (χ2n) is 5.30. The molecule has 0 bridgehead atoms. The van der Waals surface area contributed by atoms with Crippen molar-refractivity contribution >= 4 is 11.2 Å². The van der Waals surface area contributed by atoms with Crippen LogP contribution in [0.5, 0.6) is 0 Å². The summed E-state index contributed by atoms with van der Waals surface area (Å²) in [5.74, 6) is 0.837. The van der Waals surface area contributed by atoms with E-state index >= 15 is 0 Å². The monoisotopic (exact) mass is 277 g/mol. The fourth-order valence-electron chi connectivity index (χ4n) is 2.82. The molecule has 3 aromatic heterocycles. The number of hydrogen-bond acceptors (Lipinski definition) is 4. The van der Waals surface area contributed by atoms with Crippen molar-refractivity contribution in [2.75, 3.05) is 0 Å². The van der Waals surface area contributed by atoms with Gasteiger partial charge in [-0.2, -0.15) is 0 Å². The number of aromatic nitrogens is 5. The zero-order valence-corrected chi connectivity index (χ0v) is 11.8. The second-order valence-corrected chi connectivity index (χ2v) is 5.30. The Kier molecular flexibility index (Phi) is 2.77. The Balaban J connectivity index is 1.89. The van der Waals surface area contributed by atoms with Crippen LogP contribution in [0, 0.1) is 6.92 Å². The van der Waals surface area contributed by atoms with Gasteiger partial charge in [0.05, 0.1) is 5.69 Å². The fraction of sp³-hybridized carbons (Fsp3) is 0.250. The maximum Gasteiger partial charge on any atom is 0.160 e. The van der Waals surface area contributed by atoms with E-state index in [1.54, 1.807) is 6.33 Å². The average Bonchev–Trinajstić information content (AvgIpc) is 2.86. The molecule has 4 rings (SSSR count). The molecule has 0 N–H and O–H groups in total. The minimum Gasteiger partial charge on any atom is -0.288 e. The van der Waals surface area contributed by atoms with Gasteiger partial charge in [0.2, 0.25) is 0 Å². The van der Waals surface area contributed by atoms with Crippen LogP contribution in [0.1, 0.15) is 35.5 Å². The van der Waals surface area contributed by atoms with Crippen LogP contribution in [0.15, 0.2) is 36.9 Å². The SMILES string of the molecule is Cc1ncc2c(n1)CCCC=C2c1ccc2nncn2c1. The lowest BCUT2D eigenvalue weighted by molar-refractivity contribution is 0.812. The Labute approximate surface area is 122 Å². The first-order chi connectivity index (χ1) is 10.3. The largest absolute Gasteiger partial charge is 0.288 e. The lowest BCUT2D eigenvalue weighted by Crippen LogP contribution is -2.01. The maximum atomic E-state index is 4.62. The number of pyridine rings is 1. The Hall–Kier alpha value is -2.56. The maximum absolute atomic E-state index is 4.62. The first-order valence-corrected chi connectivity index (χ1v) is 7.14. The van der Waals surface area contributed by atoms with Crippen molar-refractivity contribution in [2.45, 2.75) is 26.2 Å². The molecule has 1 aliphatic rings. The molecule has 0 spiro atoms. The van der Waals surface area contributed by atoms with E-state index in [-0.39, 0.29) is 0 Å². The standard InChI is InChI=1S/C16H15N5/c1-11-17-8-14-13(4-2-3-5-15(14)19-11)12-6-7-16-20-18-10-21(16)9-12/h4,6-10H,2-3,5H2,1H3. The summed E-state index contributed by atoms with van der Waals surface area (Å²) in [5, 5.41) is 7.98. The fourth-order valence-corrected chi connectivity index (χ4v) is 2.82. The molecule has 1 aliphatic carbocycles.